The van der Waals surface area contributed by atoms with Crippen LogP contribution in [0.1, 0.15) is 33.6 Å². The maximum atomic E-state index is 12.6. The molecule has 126 valence electrons. The first-order valence-corrected chi connectivity index (χ1v) is 8.01. The molecule has 0 radical (unpaired) electrons. The number of para-hydroxylation sites is 2. The van der Waals surface area contributed by atoms with E-state index < -0.39 is 0 Å². The van der Waals surface area contributed by atoms with Crippen molar-refractivity contribution < 1.29 is 14.3 Å². The molecule has 1 fully saturated rings. The molecule has 0 saturated carbocycles. The lowest BCUT2D eigenvalue weighted by atomic mass is 9.93. The van der Waals surface area contributed by atoms with E-state index in [2.05, 4.69) is 5.32 Å². The summed E-state index contributed by atoms with van der Waals surface area (Å²) in [6.45, 7) is 6.20. The van der Waals surface area contributed by atoms with E-state index >= 15 is 0 Å². The van der Waals surface area contributed by atoms with Crippen LogP contribution in [-0.2, 0) is 4.79 Å². The first-order chi connectivity index (χ1) is 10.9. The minimum Gasteiger partial charge on any atom is -0.489 e. The fourth-order valence-electron chi connectivity index (χ4n) is 2.74. The van der Waals surface area contributed by atoms with Gasteiger partial charge in [-0.15, -0.1) is 0 Å². The van der Waals surface area contributed by atoms with Gasteiger partial charge in [0.1, 0.15) is 5.75 Å². The summed E-state index contributed by atoms with van der Waals surface area (Å²) in [5, 5.41) is 2.89. The van der Waals surface area contributed by atoms with Gasteiger partial charge < -0.3 is 20.7 Å². The third-order valence-corrected chi connectivity index (χ3v) is 4.04. The second kappa shape index (κ2) is 7.35. The number of likely N-dealkylation sites (tertiary alicyclic amines) is 1. The molecule has 0 unspecified atom stereocenters. The Hall–Kier alpha value is -2.24. The molecule has 6 heteroatoms. The number of hydrogen-bond acceptors (Lipinski definition) is 3. The average Bonchev–Trinajstić information content (AvgIpc) is 2.48. The van der Waals surface area contributed by atoms with Crippen LogP contribution in [0.4, 0.5) is 10.5 Å². The molecule has 0 aromatic heterocycles. The van der Waals surface area contributed by atoms with E-state index in [1.807, 2.05) is 39.0 Å². The summed E-state index contributed by atoms with van der Waals surface area (Å²) in [4.78, 5) is 25.7. The van der Waals surface area contributed by atoms with Crippen molar-refractivity contribution in [1.82, 2.24) is 4.90 Å². The Morgan fingerprint density at radius 3 is 2.65 bits per heavy atom. The van der Waals surface area contributed by atoms with Crippen LogP contribution in [0, 0.1) is 5.92 Å². The predicted octanol–water partition coefficient (Wildman–Crippen LogP) is 2.59. The Balaban J connectivity index is 2.10. The fourth-order valence-corrected chi connectivity index (χ4v) is 2.74. The summed E-state index contributed by atoms with van der Waals surface area (Å²) in [5.41, 5.74) is 6.01. The third kappa shape index (κ3) is 4.37. The van der Waals surface area contributed by atoms with E-state index in [1.54, 1.807) is 11.0 Å². The molecule has 0 bridgehead atoms. The number of rotatable bonds is 4. The highest BCUT2D eigenvalue weighted by Crippen LogP contribution is 2.27. The maximum absolute atomic E-state index is 12.6. The molecule has 0 spiro atoms. The van der Waals surface area contributed by atoms with Crippen LogP contribution in [0.5, 0.6) is 5.75 Å². The number of ether oxygens (including phenoxy) is 1. The molecule has 2 rings (SSSR count). The van der Waals surface area contributed by atoms with E-state index in [4.69, 9.17) is 10.5 Å². The smallest absolute Gasteiger partial charge is 0.322 e. The van der Waals surface area contributed by atoms with Gasteiger partial charge in [0.05, 0.1) is 17.7 Å². The fraction of sp³-hybridized carbons (Fsp3) is 0.529. The number of carbonyl (C=O) groups excluding carboxylic acids is 2. The van der Waals surface area contributed by atoms with Gasteiger partial charge in [-0.2, -0.15) is 0 Å². The van der Waals surface area contributed by atoms with Crippen molar-refractivity contribution in [3.05, 3.63) is 24.3 Å². The minimum atomic E-state index is -0.349. The van der Waals surface area contributed by atoms with Gasteiger partial charge in [-0.05, 0) is 45.7 Å². The van der Waals surface area contributed by atoms with E-state index in [0.717, 1.165) is 12.8 Å². The predicted molar refractivity (Wildman–Crippen MR) is 89.3 cm³/mol. The number of nitrogens with one attached hydrogen (secondary N) is 1. The molecule has 0 aliphatic carbocycles. The normalized spacial score (nSPS) is 21.1. The topological polar surface area (TPSA) is 84.7 Å². The molecule has 3 N–H and O–H groups in total. The van der Waals surface area contributed by atoms with Crippen molar-refractivity contribution in [3.63, 3.8) is 0 Å². The van der Waals surface area contributed by atoms with Crippen molar-refractivity contribution in [1.29, 1.82) is 0 Å². The van der Waals surface area contributed by atoms with Crippen LogP contribution >= 0.6 is 0 Å². The lowest BCUT2D eigenvalue weighted by molar-refractivity contribution is -0.123. The van der Waals surface area contributed by atoms with E-state index in [9.17, 15) is 9.59 Å². The van der Waals surface area contributed by atoms with E-state index in [1.165, 1.54) is 0 Å². The molecule has 1 aromatic carbocycles. The van der Waals surface area contributed by atoms with Gasteiger partial charge in [-0.1, -0.05) is 12.1 Å². The SMILES string of the molecule is CC(C)Oc1ccccc1NC(=O)N1C[C@H](C(N)=O)CC[C@H]1C. The van der Waals surface area contributed by atoms with Crippen LogP contribution in [0.3, 0.4) is 0 Å². The van der Waals surface area contributed by atoms with Crippen LogP contribution < -0.4 is 15.8 Å². The summed E-state index contributed by atoms with van der Waals surface area (Å²) in [5.74, 6) is 0.00399. The molecule has 3 amide bonds. The van der Waals surface area contributed by atoms with Crippen LogP contribution in [-0.4, -0.2) is 35.5 Å². The Morgan fingerprint density at radius 2 is 2.00 bits per heavy atom. The molecule has 1 saturated heterocycles. The second-order valence-corrected chi connectivity index (χ2v) is 6.27. The number of primary amides is 1. The van der Waals surface area contributed by atoms with Crippen molar-refractivity contribution in [3.8, 4) is 5.75 Å². The van der Waals surface area contributed by atoms with Gasteiger partial charge in [-0.25, -0.2) is 4.79 Å². The van der Waals surface area contributed by atoms with Crippen molar-refractivity contribution in [2.75, 3.05) is 11.9 Å². The number of piperidine rings is 1. The molecule has 2 atom stereocenters. The lowest BCUT2D eigenvalue weighted by Crippen LogP contribution is -2.50. The Morgan fingerprint density at radius 1 is 1.30 bits per heavy atom. The zero-order valence-electron chi connectivity index (χ0n) is 13.9. The number of anilines is 1. The molecular formula is C17H25N3O3. The standard InChI is InChI=1S/C17H25N3O3/c1-11(2)23-15-7-5-4-6-14(15)19-17(22)20-10-13(16(18)21)9-8-12(20)3/h4-7,11-13H,8-10H2,1-3H3,(H2,18,21)(H,19,22)/t12-,13-/m1/s1. The van der Waals surface area contributed by atoms with Crippen LogP contribution in [0.25, 0.3) is 0 Å². The highest BCUT2D eigenvalue weighted by Gasteiger charge is 2.31. The first kappa shape index (κ1) is 17.1. The summed E-state index contributed by atoms with van der Waals surface area (Å²) >= 11 is 0. The second-order valence-electron chi connectivity index (χ2n) is 6.27. The van der Waals surface area contributed by atoms with E-state index in [-0.39, 0.29) is 30.0 Å². The molecular weight excluding hydrogens is 294 g/mol. The number of hydrogen-bond donors (Lipinski definition) is 2. The van der Waals surface area contributed by atoms with Gasteiger partial charge in [0.2, 0.25) is 5.91 Å². The monoisotopic (exact) mass is 319 g/mol. The Kier molecular flexibility index (Phi) is 5.47. The largest absolute Gasteiger partial charge is 0.489 e. The van der Waals surface area contributed by atoms with Gasteiger partial charge in [0, 0.05) is 12.6 Å². The highest BCUT2D eigenvalue weighted by atomic mass is 16.5. The number of carbonyl (C=O) groups is 2. The maximum Gasteiger partial charge on any atom is 0.322 e. The van der Waals surface area contributed by atoms with Gasteiger partial charge in [-0.3, -0.25) is 4.79 Å². The number of nitrogens with two attached hydrogens (primary N) is 1. The minimum absolute atomic E-state index is 0.0150. The van der Waals surface area contributed by atoms with Crippen molar-refractivity contribution in [2.45, 2.75) is 45.8 Å². The number of amides is 3. The third-order valence-electron chi connectivity index (χ3n) is 4.04. The van der Waals surface area contributed by atoms with Gasteiger partial charge in [0.15, 0.2) is 0 Å². The van der Waals surface area contributed by atoms with Gasteiger partial charge in [0.25, 0.3) is 0 Å². The zero-order valence-corrected chi connectivity index (χ0v) is 13.9. The number of nitrogens with zero attached hydrogens (tertiary/aromatic N) is 1. The van der Waals surface area contributed by atoms with E-state index in [0.29, 0.717) is 18.0 Å². The quantitative estimate of drug-likeness (QED) is 0.894. The number of urea groups is 1. The van der Waals surface area contributed by atoms with Crippen LogP contribution in [0.2, 0.25) is 0 Å². The average molecular weight is 319 g/mol. The molecule has 1 aliphatic heterocycles. The zero-order chi connectivity index (χ0) is 17.0. The highest BCUT2D eigenvalue weighted by molar-refractivity contribution is 5.91. The van der Waals surface area contributed by atoms with Gasteiger partial charge >= 0.3 is 6.03 Å². The molecule has 1 heterocycles. The molecule has 6 nitrogen and oxygen atoms in total. The Bertz CT molecular complexity index is 574. The molecule has 1 aromatic rings. The summed E-state index contributed by atoms with van der Waals surface area (Å²) < 4.78 is 5.71. The summed E-state index contributed by atoms with van der Waals surface area (Å²) in [7, 11) is 0. The van der Waals surface area contributed by atoms with Crippen molar-refractivity contribution in [2.24, 2.45) is 11.7 Å². The lowest BCUT2D eigenvalue weighted by Gasteiger charge is -2.36. The van der Waals surface area contributed by atoms with Crippen molar-refractivity contribution >= 4 is 17.6 Å². The van der Waals surface area contributed by atoms with Crippen LogP contribution in [0.15, 0.2) is 24.3 Å². The summed E-state index contributed by atoms with van der Waals surface area (Å²) in [6.07, 6.45) is 1.51. The Labute approximate surface area is 137 Å². The first-order valence-electron chi connectivity index (χ1n) is 8.01. The summed E-state index contributed by atoms with van der Waals surface area (Å²) in [6, 6.07) is 7.17. The number of benzene rings is 1. The molecule has 1 aliphatic rings. The molecule has 23 heavy (non-hydrogen) atoms.